The van der Waals surface area contributed by atoms with Crippen LogP contribution in [0.1, 0.15) is 24.0 Å². The molecular weight excluding hydrogens is 430 g/mol. The van der Waals surface area contributed by atoms with Crippen LogP contribution in [0.25, 0.3) is 0 Å². The third-order valence-corrected chi connectivity index (χ3v) is 6.98. The number of nitrogens with zero attached hydrogens (tertiary/aromatic N) is 1. The monoisotopic (exact) mass is 461 g/mol. The SMILES string of the molecule is COc1cc(CN2CCC(CCS(C)(=O)=O)(Cc3ccccc3)C2=O)cc(OC)c1OC. The Morgan fingerprint density at radius 2 is 1.59 bits per heavy atom. The van der Waals surface area contributed by atoms with E-state index in [0.717, 1.165) is 11.1 Å². The molecule has 0 aliphatic carbocycles. The van der Waals surface area contributed by atoms with Gasteiger partial charge in [-0.3, -0.25) is 4.79 Å². The summed E-state index contributed by atoms with van der Waals surface area (Å²) in [5.41, 5.74) is 1.15. The number of sulfone groups is 1. The fraction of sp³-hybridized carbons (Fsp3) is 0.458. The van der Waals surface area contributed by atoms with Crippen molar-refractivity contribution in [3.63, 3.8) is 0 Å². The van der Waals surface area contributed by atoms with Crippen molar-refractivity contribution < 1.29 is 27.4 Å². The molecule has 1 heterocycles. The molecule has 1 atom stereocenters. The van der Waals surface area contributed by atoms with Gasteiger partial charge in [-0.05, 0) is 42.5 Å². The van der Waals surface area contributed by atoms with Gasteiger partial charge >= 0.3 is 0 Å². The van der Waals surface area contributed by atoms with Crippen LogP contribution in [0.15, 0.2) is 42.5 Å². The average molecular weight is 462 g/mol. The zero-order chi connectivity index (χ0) is 23.4. The van der Waals surface area contributed by atoms with Crippen LogP contribution in [0.3, 0.4) is 0 Å². The number of ether oxygens (including phenoxy) is 3. The van der Waals surface area contributed by atoms with Gasteiger partial charge in [-0.25, -0.2) is 8.42 Å². The number of rotatable bonds is 10. The second kappa shape index (κ2) is 9.81. The van der Waals surface area contributed by atoms with Crippen molar-refractivity contribution in [1.82, 2.24) is 4.90 Å². The molecule has 1 amide bonds. The molecule has 1 saturated heterocycles. The van der Waals surface area contributed by atoms with Crippen LogP contribution in [-0.2, 0) is 27.6 Å². The van der Waals surface area contributed by atoms with Gasteiger partial charge in [-0.15, -0.1) is 0 Å². The Morgan fingerprint density at radius 1 is 0.969 bits per heavy atom. The van der Waals surface area contributed by atoms with E-state index in [4.69, 9.17) is 14.2 Å². The molecule has 1 aliphatic rings. The van der Waals surface area contributed by atoms with Crippen LogP contribution in [0.2, 0.25) is 0 Å². The minimum absolute atomic E-state index is 0.0103. The summed E-state index contributed by atoms with van der Waals surface area (Å²) in [4.78, 5) is 15.4. The molecular formula is C24H31NO6S. The molecule has 0 spiro atoms. The third-order valence-electron chi connectivity index (χ3n) is 6.04. The number of methoxy groups -OCH3 is 3. The van der Waals surface area contributed by atoms with Crippen LogP contribution >= 0.6 is 0 Å². The Bertz CT molecular complexity index is 1030. The first kappa shape index (κ1) is 23.9. The zero-order valence-electron chi connectivity index (χ0n) is 19.1. The Labute approximate surface area is 190 Å². The normalized spacial score (nSPS) is 18.6. The molecule has 0 bridgehead atoms. The molecule has 174 valence electrons. The standard InChI is InChI=1S/C24H31NO6S/c1-29-20-14-19(15-21(30-2)22(20)31-3)17-25-12-10-24(23(25)26,11-13-32(4,27)28)16-18-8-6-5-7-9-18/h5-9,14-15H,10-13,16-17H2,1-4H3. The van der Waals surface area contributed by atoms with Crippen molar-refractivity contribution in [2.24, 2.45) is 5.41 Å². The van der Waals surface area contributed by atoms with Gasteiger partial charge in [0.2, 0.25) is 11.7 Å². The maximum atomic E-state index is 13.6. The first-order chi connectivity index (χ1) is 15.2. The Kier molecular flexibility index (Phi) is 7.33. The van der Waals surface area contributed by atoms with E-state index in [0.29, 0.717) is 49.6 Å². The minimum Gasteiger partial charge on any atom is -0.493 e. The molecule has 2 aromatic rings. The number of hydrogen-bond acceptors (Lipinski definition) is 6. The molecule has 7 nitrogen and oxygen atoms in total. The zero-order valence-corrected chi connectivity index (χ0v) is 19.9. The lowest BCUT2D eigenvalue weighted by Gasteiger charge is -2.28. The summed E-state index contributed by atoms with van der Waals surface area (Å²) in [6.07, 6.45) is 2.66. The molecule has 2 aromatic carbocycles. The predicted octanol–water partition coefficient (Wildman–Crippen LogP) is 3.11. The lowest BCUT2D eigenvalue weighted by atomic mass is 9.78. The molecule has 1 unspecified atom stereocenters. The summed E-state index contributed by atoms with van der Waals surface area (Å²) < 4.78 is 40.0. The quantitative estimate of drug-likeness (QED) is 0.541. The van der Waals surface area contributed by atoms with Crippen LogP contribution < -0.4 is 14.2 Å². The van der Waals surface area contributed by atoms with Gasteiger partial charge < -0.3 is 19.1 Å². The Morgan fingerprint density at radius 3 is 2.12 bits per heavy atom. The average Bonchev–Trinajstić information content (AvgIpc) is 3.07. The molecule has 32 heavy (non-hydrogen) atoms. The molecule has 1 aliphatic heterocycles. The highest BCUT2D eigenvalue weighted by Crippen LogP contribution is 2.42. The van der Waals surface area contributed by atoms with Crippen molar-refractivity contribution >= 4 is 15.7 Å². The van der Waals surface area contributed by atoms with Gasteiger partial charge in [0.05, 0.1) is 32.5 Å². The number of carbonyl (C=O) groups is 1. The van der Waals surface area contributed by atoms with Crippen LogP contribution in [0.5, 0.6) is 17.2 Å². The van der Waals surface area contributed by atoms with Crippen LogP contribution in [0, 0.1) is 5.41 Å². The Hall–Kier alpha value is -2.74. The highest BCUT2D eigenvalue weighted by atomic mass is 32.2. The van der Waals surface area contributed by atoms with E-state index < -0.39 is 15.3 Å². The summed E-state index contributed by atoms with van der Waals surface area (Å²) in [6, 6.07) is 13.4. The smallest absolute Gasteiger partial charge is 0.229 e. The summed E-state index contributed by atoms with van der Waals surface area (Å²) in [7, 11) is 1.47. The van der Waals surface area contributed by atoms with Crippen molar-refractivity contribution in [3.05, 3.63) is 53.6 Å². The van der Waals surface area contributed by atoms with Gasteiger partial charge in [0.1, 0.15) is 9.84 Å². The van der Waals surface area contributed by atoms with E-state index >= 15 is 0 Å². The molecule has 0 aromatic heterocycles. The molecule has 1 fully saturated rings. The molecule has 8 heteroatoms. The van der Waals surface area contributed by atoms with Gasteiger partial charge in [-0.2, -0.15) is 0 Å². The van der Waals surface area contributed by atoms with Crippen molar-refractivity contribution in [3.8, 4) is 17.2 Å². The van der Waals surface area contributed by atoms with Gasteiger partial charge in [0.15, 0.2) is 11.5 Å². The first-order valence-corrected chi connectivity index (χ1v) is 12.6. The fourth-order valence-corrected chi connectivity index (χ4v) is 5.10. The topological polar surface area (TPSA) is 82.1 Å². The maximum Gasteiger partial charge on any atom is 0.229 e. The minimum atomic E-state index is -3.19. The number of hydrogen-bond donors (Lipinski definition) is 0. The van der Waals surface area contributed by atoms with Gasteiger partial charge in [0, 0.05) is 19.3 Å². The summed E-state index contributed by atoms with van der Waals surface area (Å²) >= 11 is 0. The predicted molar refractivity (Wildman–Crippen MR) is 123 cm³/mol. The number of carbonyl (C=O) groups excluding carboxylic acids is 1. The highest BCUT2D eigenvalue weighted by Gasteiger charge is 2.46. The summed E-state index contributed by atoms with van der Waals surface area (Å²) in [5.74, 6) is 1.53. The summed E-state index contributed by atoms with van der Waals surface area (Å²) in [5, 5.41) is 0. The molecule has 0 saturated carbocycles. The van der Waals surface area contributed by atoms with E-state index in [1.807, 2.05) is 42.5 Å². The second-order valence-electron chi connectivity index (χ2n) is 8.33. The van der Waals surface area contributed by atoms with Gasteiger partial charge in [-0.1, -0.05) is 30.3 Å². The van der Waals surface area contributed by atoms with Crippen LogP contribution in [0.4, 0.5) is 0 Å². The first-order valence-electron chi connectivity index (χ1n) is 10.5. The van der Waals surface area contributed by atoms with Crippen molar-refractivity contribution in [2.45, 2.75) is 25.8 Å². The van der Waals surface area contributed by atoms with E-state index in [2.05, 4.69) is 0 Å². The van der Waals surface area contributed by atoms with Crippen LogP contribution in [-0.4, -0.2) is 59.1 Å². The van der Waals surface area contributed by atoms with Gasteiger partial charge in [0.25, 0.3) is 0 Å². The third kappa shape index (κ3) is 5.35. The van der Waals surface area contributed by atoms with E-state index in [9.17, 15) is 13.2 Å². The number of likely N-dealkylation sites (tertiary alicyclic amines) is 1. The maximum absolute atomic E-state index is 13.6. The highest BCUT2D eigenvalue weighted by molar-refractivity contribution is 7.90. The molecule has 0 N–H and O–H groups in total. The Balaban J connectivity index is 1.87. The number of benzene rings is 2. The number of amides is 1. The van der Waals surface area contributed by atoms with E-state index in [1.54, 1.807) is 26.2 Å². The lowest BCUT2D eigenvalue weighted by molar-refractivity contribution is -0.136. The lowest BCUT2D eigenvalue weighted by Crippen LogP contribution is -2.37. The van der Waals surface area contributed by atoms with Crippen molar-refractivity contribution in [2.75, 3.05) is 39.9 Å². The fourth-order valence-electron chi connectivity index (χ4n) is 4.34. The van der Waals surface area contributed by atoms with E-state index in [1.165, 1.54) is 6.26 Å². The van der Waals surface area contributed by atoms with E-state index in [-0.39, 0.29) is 11.7 Å². The second-order valence-corrected chi connectivity index (χ2v) is 10.6. The van der Waals surface area contributed by atoms with Crippen molar-refractivity contribution in [1.29, 1.82) is 0 Å². The molecule has 0 radical (unpaired) electrons. The largest absolute Gasteiger partial charge is 0.493 e. The summed E-state index contributed by atoms with van der Waals surface area (Å²) in [6.45, 7) is 0.942. The molecule has 3 rings (SSSR count).